The van der Waals surface area contributed by atoms with Gasteiger partial charge < -0.3 is 0 Å². The van der Waals surface area contributed by atoms with Gasteiger partial charge in [0.25, 0.3) is 0 Å². The quantitative estimate of drug-likeness (QED) is 0.768. The molecule has 0 spiro atoms. The number of aromatic nitrogens is 1. The fourth-order valence-electron chi connectivity index (χ4n) is 1.35. The highest BCUT2D eigenvalue weighted by Crippen LogP contribution is 2.32. The summed E-state index contributed by atoms with van der Waals surface area (Å²) < 4.78 is 0. The van der Waals surface area contributed by atoms with Gasteiger partial charge in [0.15, 0.2) is 0 Å². The highest BCUT2D eigenvalue weighted by Gasteiger charge is 2.11. The van der Waals surface area contributed by atoms with Crippen molar-refractivity contribution in [2.45, 2.75) is 0 Å². The third kappa shape index (κ3) is 2.53. The maximum atomic E-state index is 8.83. The fraction of sp³-hybridized carbons (Fsp3) is 0. The van der Waals surface area contributed by atoms with E-state index in [1.165, 1.54) is 6.07 Å². The van der Waals surface area contributed by atoms with E-state index in [-0.39, 0.29) is 5.69 Å². The number of hydrogen-bond donors (Lipinski definition) is 0. The third-order valence-corrected chi connectivity index (χ3v) is 3.17. The maximum absolute atomic E-state index is 8.83. The number of rotatable bonds is 1. The lowest BCUT2D eigenvalue weighted by molar-refractivity contribution is 1.26. The van der Waals surface area contributed by atoms with Crippen LogP contribution in [-0.2, 0) is 0 Å². The minimum Gasteiger partial charge on any atom is -0.235 e. The Morgan fingerprint density at radius 3 is 2.29 bits per heavy atom. The molecule has 5 heteroatoms. The predicted molar refractivity (Wildman–Crippen MR) is 69.4 cm³/mol. The first-order valence-electron chi connectivity index (χ1n) is 4.64. The van der Waals surface area contributed by atoms with Crippen molar-refractivity contribution < 1.29 is 0 Å². The SMILES string of the molecule is N#Cc1cc(Cl)c(Cl)c(-c2ccc(Cl)cc2)n1. The third-order valence-electron chi connectivity index (χ3n) is 2.15. The monoisotopic (exact) mass is 282 g/mol. The molecule has 17 heavy (non-hydrogen) atoms. The van der Waals surface area contributed by atoms with Gasteiger partial charge in [-0.3, -0.25) is 0 Å². The summed E-state index contributed by atoms with van der Waals surface area (Å²) in [5.41, 5.74) is 1.47. The topological polar surface area (TPSA) is 36.7 Å². The van der Waals surface area contributed by atoms with E-state index >= 15 is 0 Å². The Balaban J connectivity index is 2.63. The first kappa shape index (κ1) is 12.2. The standard InChI is InChI=1S/C12H5Cl3N2/c13-8-3-1-7(2-4-8)12-11(15)10(14)5-9(6-16)17-12/h1-5H. The van der Waals surface area contributed by atoms with Gasteiger partial charge in [-0.05, 0) is 18.2 Å². The number of halogens is 3. The van der Waals surface area contributed by atoms with Crippen molar-refractivity contribution >= 4 is 34.8 Å². The molecule has 0 fully saturated rings. The molecule has 0 amide bonds. The van der Waals surface area contributed by atoms with Gasteiger partial charge in [-0.25, -0.2) is 4.98 Å². The van der Waals surface area contributed by atoms with E-state index in [2.05, 4.69) is 4.98 Å². The minimum absolute atomic E-state index is 0.226. The van der Waals surface area contributed by atoms with Crippen LogP contribution in [0.3, 0.4) is 0 Å². The van der Waals surface area contributed by atoms with E-state index in [1.54, 1.807) is 24.3 Å². The number of benzene rings is 1. The lowest BCUT2D eigenvalue weighted by Crippen LogP contribution is -1.90. The van der Waals surface area contributed by atoms with Crippen LogP contribution in [0.25, 0.3) is 11.3 Å². The second kappa shape index (κ2) is 4.93. The van der Waals surface area contributed by atoms with Crippen LogP contribution >= 0.6 is 34.8 Å². The van der Waals surface area contributed by atoms with E-state index in [1.807, 2.05) is 6.07 Å². The second-order valence-electron chi connectivity index (χ2n) is 3.27. The highest BCUT2D eigenvalue weighted by atomic mass is 35.5. The zero-order valence-corrected chi connectivity index (χ0v) is 10.7. The molecule has 0 N–H and O–H groups in total. The van der Waals surface area contributed by atoms with Crippen LogP contribution in [-0.4, -0.2) is 4.98 Å². The molecule has 0 aliphatic rings. The van der Waals surface area contributed by atoms with Crippen LogP contribution in [0.4, 0.5) is 0 Å². The van der Waals surface area contributed by atoms with Crippen molar-refractivity contribution in [1.29, 1.82) is 5.26 Å². The van der Waals surface area contributed by atoms with Gasteiger partial charge in [0.2, 0.25) is 0 Å². The lowest BCUT2D eigenvalue weighted by atomic mass is 10.1. The fourth-order valence-corrected chi connectivity index (χ4v) is 1.88. The van der Waals surface area contributed by atoms with E-state index in [4.69, 9.17) is 40.1 Å². The number of hydrogen-bond acceptors (Lipinski definition) is 2. The van der Waals surface area contributed by atoms with Gasteiger partial charge in [-0.2, -0.15) is 5.26 Å². The summed E-state index contributed by atoms with van der Waals surface area (Å²) in [5, 5.41) is 10.1. The molecule has 0 unspecified atom stereocenters. The number of pyridine rings is 1. The number of nitriles is 1. The van der Waals surface area contributed by atoms with Crippen molar-refractivity contribution in [1.82, 2.24) is 4.98 Å². The molecule has 0 aliphatic heterocycles. The van der Waals surface area contributed by atoms with E-state index in [9.17, 15) is 0 Å². The molecule has 84 valence electrons. The normalized spacial score (nSPS) is 10.0. The molecule has 2 aromatic rings. The zero-order valence-electron chi connectivity index (χ0n) is 8.42. The Labute approximate surface area is 113 Å². The Morgan fingerprint density at radius 1 is 1.06 bits per heavy atom. The predicted octanol–water partition coefficient (Wildman–Crippen LogP) is 4.58. The van der Waals surface area contributed by atoms with Crippen molar-refractivity contribution in [2.24, 2.45) is 0 Å². The molecule has 0 atom stereocenters. The summed E-state index contributed by atoms with van der Waals surface area (Å²) in [6.45, 7) is 0. The van der Waals surface area contributed by atoms with Gasteiger partial charge in [0, 0.05) is 10.6 Å². The van der Waals surface area contributed by atoms with Crippen molar-refractivity contribution in [3.8, 4) is 17.3 Å². The summed E-state index contributed by atoms with van der Waals surface area (Å²) in [4.78, 5) is 4.13. The summed E-state index contributed by atoms with van der Waals surface area (Å²) in [7, 11) is 0. The Hall–Kier alpha value is -1.27. The van der Waals surface area contributed by atoms with E-state index < -0.39 is 0 Å². The van der Waals surface area contributed by atoms with Gasteiger partial charge in [-0.15, -0.1) is 0 Å². The second-order valence-corrected chi connectivity index (χ2v) is 4.49. The lowest BCUT2D eigenvalue weighted by Gasteiger charge is -2.05. The molecule has 0 bridgehead atoms. The molecule has 0 aliphatic carbocycles. The molecule has 2 nitrogen and oxygen atoms in total. The molecule has 1 aromatic carbocycles. The van der Waals surface area contributed by atoms with Crippen molar-refractivity contribution in [2.75, 3.05) is 0 Å². The maximum Gasteiger partial charge on any atom is 0.142 e. The van der Waals surface area contributed by atoms with Gasteiger partial charge in [-0.1, -0.05) is 46.9 Å². The molecule has 0 radical (unpaired) electrons. The summed E-state index contributed by atoms with van der Waals surface area (Å²) >= 11 is 17.8. The smallest absolute Gasteiger partial charge is 0.142 e. The first-order chi connectivity index (χ1) is 8.11. The molecule has 1 heterocycles. The first-order valence-corrected chi connectivity index (χ1v) is 5.77. The Morgan fingerprint density at radius 2 is 1.71 bits per heavy atom. The highest BCUT2D eigenvalue weighted by molar-refractivity contribution is 6.43. The summed E-state index contributed by atoms with van der Waals surface area (Å²) in [6.07, 6.45) is 0. The molecule has 0 saturated carbocycles. The average Bonchev–Trinajstić information content (AvgIpc) is 2.34. The molecule has 1 aromatic heterocycles. The Kier molecular flexibility index (Phi) is 3.54. The Bertz CT molecular complexity index is 600. The van der Waals surface area contributed by atoms with Crippen molar-refractivity contribution in [3.05, 3.63) is 51.1 Å². The number of nitrogens with zero attached hydrogens (tertiary/aromatic N) is 2. The van der Waals surface area contributed by atoms with Crippen LogP contribution < -0.4 is 0 Å². The molecular formula is C12H5Cl3N2. The van der Waals surface area contributed by atoms with Crippen LogP contribution in [0, 0.1) is 11.3 Å². The van der Waals surface area contributed by atoms with E-state index in [0.29, 0.717) is 20.8 Å². The van der Waals surface area contributed by atoms with Crippen LogP contribution in [0.5, 0.6) is 0 Å². The average molecular weight is 284 g/mol. The van der Waals surface area contributed by atoms with Crippen LogP contribution in [0.15, 0.2) is 30.3 Å². The van der Waals surface area contributed by atoms with Crippen LogP contribution in [0.1, 0.15) is 5.69 Å². The molecule has 2 rings (SSSR count). The largest absolute Gasteiger partial charge is 0.235 e. The van der Waals surface area contributed by atoms with Crippen molar-refractivity contribution in [3.63, 3.8) is 0 Å². The molecular weight excluding hydrogens is 279 g/mol. The van der Waals surface area contributed by atoms with Gasteiger partial charge in [0.05, 0.1) is 15.7 Å². The summed E-state index contributed by atoms with van der Waals surface area (Å²) in [5.74, 6) is 0. The van der Waals surface area contributed by atoms with Crippen LogP contribution in [0.2, 0.25) is 15.1 Å². The van der Waals surface area contributed by atoms with Gasteiger partial charge in [0.1, 0.15) is 11.8 Å². The molecule has 0 saturated heterocycles. The zero-order chi connectivity index (χ0) is 12.4. The van der Waals surface area contributed by atoms with Gasteiger partial charge >= 0.3 is 0 Å². The van der Waals surface area contributed by atoms with E-state index in [0.717, 1.165) is 5.56 Å². The minimum atomic E-state index is 0.226. The summed E-state index contributed by atoms with van der Waals surface area (Å²) in [6, 6.07) is 10.4.